The quantitative estimate of drug-likeness (QED) is 0.637. The Labute approximate surface area is 71.9 Å². The van der Waals surface area contributed by atoms with Gasteiger partial charge in [-0.3, -0.25) is 0 Å². The molecule has 0 aliphatic heterocycles. The summed E-state index contributed by atoms with van der Waals surface area (Å²) in [6.45, 7) is 4.41. The number of fused-ring (bicyclic) bond motifs is 1. The van der Waals surface area contributed by atoms with Crippen molar-refractivity contribution in [2.24, 2.45) is 11.1 Å². The minimum atomic E-state index is 0.106. The second-order valence-corrected chi connectivity index (χ2v) is 4.36. The zero-order chi connectivity index (χ0) is 8.77. The predicted octanol–water partition coefficient (Wildman–Crippen LogP) is 1.65. The molecule has 0 aromatic carbocycles. The predicted molar refractivity (Wildman–Crippen MR) is 45.5 cm³/mol. The molecule has 1 atom stereocenters. The second kappa shape index (κ2) is 2.33. The van der Waals surface area contributed by atoms with Crippen LogP contribution in [0, 0.1) is 5.41 Å². The Morgan fingerprint density at radius 1 is 1.67 bits per heavy atom. The van der Waals surface area contributed by atoms with Gasteiger partial charge in [0, 0.05) is 18.0 Å². The van der Waals surface area contributed by atoms with E-state index >= 15 is 0 Å². The summed E-state index contributed by atoms with van der Waals surface area (Å²) < 4.78 is 5.13. The van der Waals surface area contributed by atoms with E-state index in [1.54, 1.807) is 6.20 Å². The summed E-state index contributed by atoms with van der Waals surface area (Å²) in [4.78, 5) is 0. The van der Waals surface area contributed by atoms with Gasteiger partial charge in [0.15, 0.2) is 0 Å². The molecule has 1 unspecified atom stereocenters. The van der Waals surface area contributed by atoms with E-state index in [9.17, 15) is 0 Å². The first-order chi connectivity index (χ1) is 5.58. The summed E-state index contributed by atoms with van der Waals surface area (Å²) in [6, 6.07) is 0.106. The van der Waals surface area contributed by atoms with E-state index in [-0.39, 0.29) is 11.5 Å². The van der Waals surface area contributed by atoms with Gasteiger partial charge in [-0.25, -0.2) is 0 Å². The summed E-state index contributed by atoms with van der Waals surface area (Å²) in [5.41, 5.74) is 7.31. The first kappa shape index (κ1) is 7.80. The molecule has 0 spiro atoms. The van der Waals surface area contributed by atoms with E-state index in [1.165, 1.54) is 0 Å². The first-order valence-electron chi connectivity index (χ1n) is 4.27. The van der Waals surface area contributed by atoms with Gasteiger partial charge in [0.25, 0.3) is 0 Å². The van der Waals surface area contributed by atoms with Gasteiger partial charge in [-0.1, -0.05) is 19.0 Å². The summed E-state index contributed by atoms with van der Waals surface area (Å²) in [6.07, 6.45) is 3.71. The van der Waals surface area contributed by atoms with Crippen molar-refractivity contribution in [2.75, 3.05) is 0 Å². The topological polar surface area (TPSA) is 52.0 Å². The molecule has 1 heterocycles. The molecule has 1 aliphatic carbocycles. The highest BCUT2D eigenvalue weighted by Gasteiger charge is 2.32. The third-order valence-electron chi connectivity index (χ3n) is 2.49. The number of aromatic nitrogens is 1. The van der Waals surface area contributed by atoms with Gasteiger partial charge in [-0.15, -0.1) is 0 Å². The molecule has 12 heavy (non-hydrogen) atoms. The summed E-state index contributed by atoms with van der Waals surface area (Å²) in [7, 11) is 0. The number of nitrogens with zero attached hydrogens (tertiary/aromatic N) is 1. The highest BCUT2D eigenvalue weighted by Crippen LogP contribution is 2.39. The van der Waals surface area contributed by atoms with Gasteiger partial charge in [0.2, 0.25) is 0 Å². The van der Waals surface area contributed by atoms with Crippen LogP contribution in [0.2, 0.25) is 0 Å². The van der Waals surface area contributed by atoms with Gasteiger partial charge in [0.05, 0.1) is 6.20 Å². The lowest BCUT2D eigenvalue weighted by atomic mass is 9.75. The maximum Gasteiger partial charge on any atom is 0.142 e. The third kappa shape index (κ3) is 1.14. The standard InChI is InChI=1S/C9H14N2O/c1-9(2)3-7(10)6-5-11-12-8(6)4-9/h5,7H,3-4,10H2,1-2H3. The average Bonchev–Trinajstić information content (AvgIpc) is 2.31. The Hall–Kier alpha value is -0.830. The van der Waals surface area contributed by atoms with Crippen LogP contribution in [-0.2, 0) is 6.42 Å². The van der Waals surface area contributed by atoms with Gasteiger partial charge >= 0.3 is 0 Å². The van der Waals surface area contributed by atoms with Crippen molar-refractivity contribution in [1.82, 2.24) is 5.16 Å². The molecule has 0 saturated carbocycles. The Bertz CT molecular complexity index is 290. The van der Waals surface area contributed by atoms with Crippen LogP contribution in [0.15, 0.2) is 10.7 Å². The van der Waals surface area contributed by atoms with Gasteiger partial charge in [-0.2, -0.15) is 0 Å². The van der Waals surface area contributed by atoms with E-state index in [2.05, 4.69) is 19.0 Å². The largest absolute Gasteiger partial charge is 0.361 e. The van der Waals surface area contributed by atoms with Crippen LogP contribution in [0.1, 0.15) is 37.6 Å². The molecular formula is C9H14N2O. The van der Waals surface area contributed by atoms with Crippen LogP contribution in [0.5, 0.6) is 0 Å². The van der Waals surface area contributed by atoms with E-state index in [0.29, 0.717) is 0 Å². The number of rotatable bonds is 0. The molecule has 0 amide bonds. The smallest absolute Gasteiger partial charge is 0.142 e. The molecular weight excluding hydrogens is 152 g/mol. The Kier molecular flexibility index (Phi) is 1.51. The summed E-state index contributed by atoms with van der Waals surface area (Å²) in [5.74, 6) is 0.971. The van der Waals surface area contributed by atoms with Gasteiger partial charge in [0.1, 0.15) is 5.76 Å². The highest BCUT2D eigenvalue weighted by molar-refractivity contribution is 5.22. The van der Waals surface area contributed by atoms with Crippen LogP contribution in [0.25, 0.3) is 0 Å². The van der Waals surface area contributed by atoms with Gasteiger partial charge < -0.3 is 10.3 Å². The van der Waals surface area contributed by atoms with E-state index in [1.807, 2.05) is 0 Å². The van der Waals surface area contributed by atoms with Crippen molar-refractivity contribution < 1.29 is 4.52 Å². The normalized spacial score (nSPS) is 26.8. The highest BCUT2D eigenvalue weighted by atomic mass is 16.5. The van der Waals surface area contributed by atoms with Gasteiger partial charge in [-0.05, 0) is 11.8 Å². The minimum absolute atomic E-state index is 0.106. The van der Waals surface area contributed by atoms with Crippen molar-refractivity contribution in [2.45, 2.75) is 32.7 Å². The minimum Gasteiger partial charge on any atom is -0.361 e. The van der Waals surface area contributed by atoms with E-state index < -0.39 is 0 Å². The van der Waals surface area contributed by atoms with E-state index in [4.69, 9.17) is 10.3 Å². The van der Waals surface area contributed by atoms with Crippen LogP contribution in [-0.4, -0.2) is 5.16 Å². The molecule has 3 nitrogen and oxygen atoms in total. The lowest BCUT2D eigenvalue weighted by Crippen LogP contribution is -2.28. The number of hydrogen-bond donors (Lipinski definition) is 1. The molecule has 0 radical (unpaired) electrons. The maximum absolute atomic E-state index is 5.97. The fourth-order valence-electron chi connectivity index (χ4n) is 1.92. The lowest BCUT2D eigenvalue weighted by molar-refractivity contribution is 0.242. The molecule has 3 heteroatoms. The third-order valence-corrected chi connectivity index (χ3v) is 2.49. The molecule has 1 aromatic rings. The monoisotopic (exact) mass is 166 g/mol. The first-order valence-corrected chi connectivity index (χ1v) is 4.27. The number of hydrogen-bond acceptors (Lipinski definition) is 3. The second-order valence-electron chi connectivity index (χ2n) is 4.36. The molecule has 66 valence electrons. The summed E-state index contributed by atoms with van der Waals surface area (Å²) in [5, 5.41) is 3.76. The molecule has 1 aliphatic rings. The Morgan fingerprint density at radius 2 is 2.42 bits per heavy atom. The Balaban J connectivity index is 2.38. The molecule has 0 saturated heterocycles. The average molecular weight is 166 g/mol. The van der Waals surface area contributed by atoms with Crippen LogP contribution < -0.4 is 5.73 Å². The molecule has 0 bridgehead atoms. The summed E-state index contributed by atoms with van der Waals surface area (Å²) >= 11 is 0. The van der Waals surface area contributed by atoms with Crippen LogP contribution in [0.4, 0.5) is 0 Å². The van der Waals surface area contributed by atoms with Crippen molar-refractivity contribution in [3.63, 3.8) is 0 Å². The zero-order valence-corrected chi connectivity index (χ0v) is 7.50. The van der Waals surface area contributed by atoms with Crippen molar-refractivity contribution in [3.05, 3.63) is 17.5 Å². The molecule has 1 aromatic heterocycles. The molecule has 2 rings (SSSR count). The fraction of sp³-hybridized carbons (Fsp3) is 0.667. The zero-order valence-electron chi connectivity index (χ0n) is 7.50. The number of nitrogens with two attached hydrogens (primary N) is 1. The molecule has 2 N–H and O–H groups in total. The van der Waals surface area contributed by atoms with Crippen molar-refractivity contribution >= 4 is 0 Å². The molecule has 0 fully saturated rings. The van der Waals surface area contributed by atoms with Crippen LogP contribution in [0.3, 0.4) is 0 Å². The van der Waals surface area contributed by atoms with Crippen molar-refractivity contribution in [3.8, 4) is 0 Å². The Morgan fingerprint density at radius 3 is 3.17 bits per heavy atom. The lowest BCUT2D eigenvalue weighted by Gasteiger charge is -2.31. The maximum atomic E-state index is 5.97. The SMILES string of the molecule is CC1(C)Cc2oncc2C(N)C1. The van der Waals surface area contributed by atoms with E-state index in [0.717, 1.165) is 24.2 Å². The van der Waals surface area contributed by atoms with Crippen molar-refractivity contribution in [1.29, 1.82) is 0 Å². The fourth-order valence-corrected chi connectivity index (χ4v) is 1.92. The van der Waals surface area contributed by atoms with Crippen LogP contribution >= 0.6 is 0 Å².